The topological polar surface area (TPSA) is 96.0 Å². The number of nitrogens with zero attached hydrogens (tertiary/aromatic N) is 2. The molecule has 0 spiro atoms. The number of carbonyl (C=O) groups is 2. The van der Waals surface area contributed by atoms with Crippen molar-refractivity contribution in [2.75, 3.05) is 30.8 Å². The number of hydrogen-bond acceptors (Lipinski definition) is 5. The molecular weight excluding hydrogens is 478 g/mol. The fourth-order valence-electron chi connectivity index (χ4n) is 3.32. The molecule has 2 amide bonds. The monoisotopic (exact) mass is 509 g/mol. The minimum atomic E-state index is -3.89. The molecule has 0 saturated carbocycles. The van der Waals surface area contributed by atoms with Crippen LogP contribution in [0.15, 0.2) is 42.5 Å². The highest BCUT2D eigenvalue weighted by molar-refractivity contribution is 7.92. The minimum Gasteiger partial charge on any atom is -0.495 e. The second kappa shape index (κ2) is 12.1. The van der Waals surface area contributed by atoms with Crippen molar-refractivity contribution in [3.8, 4) is 5.75 Å². The first-order valence-corrected chi connectivity index (χ1v) is 13.1. The fourth-order valence-corrected chi connectivity index (χ4v) is 4.33. The van der Waals surface area contributed by atoms with Gasteiger partial charge in [-0.3, -0.25) is 13.9 Å². The maximum Gasteiger partial charge on any atom is 0.244 e. The second-order valence-corrected chi connectivity index (χ2v) is 10.4. The van der Waals surface area contributed by atoms with Crippen molar-refractivity contribution in [3.05, 3.63) is 58.6 Å². The molecule has 2 aromatic rings. The number of benzene rings is 2. The largest absolute Gasteiger partial charge is 0.495 e. The van der Waals surface area contributed by atoms with Gasteiger partial charge in [0.25, 0.3) is 0 Å². The van der Waals surface area contributed by atoms with Crippen molar-refractivity contribution in [1.29, 1.82) is 0 Å². The van der Waals surface area contributed by atoms with Gasteiger partial charge in [0.15, 0.2) is 0 Å². The van der Waals surface area contributed by atoms with E-state index >= 15 is 0 Å². The van der Waals surface area contributed by atoms with Crippen LogP contribution in [-0.2, 0) is 26.2 Å². The van der Waals surface area contributed by atoms with Crippen molar-refractivity contribution in [1.82, 2.24) is 10.2 Å². The Hall–Kier alpha value is -2.78. The Labute approximate surface area is 206 Å². The summed E-state index contributed by atoms with van der Waals surface area (Å²) in [6.07, 6.45) is 1.75. The molecule has 0 aliphatic heterocycles. The molecule has 2 rings (SSSR count). The predicted molar refractivity (Wildman–Crippen MR) is 135 cm³/mol. The lowest BCUT2D eigenvalue weighted by Gasteiger charge is -2.32. The number of halogens is 1. The summed E-state index contributed by atoms with van der Waals surface area (Å²) >= 11 is 6.10. The summed E-state index contributed by atoms with van der Waals surface area (Å²) < 4.78 is 31.6. The Kier molecular flexibility index (Phi) is 9.76. The van der Waals surface area contributed by atoms with E-state index in [1.807, 2.05) is 38.1 Å². The third-order valence-electron chi connectivity index (χ3n) is 5.28. The standard InChI is InChI=1S/C24H32ClN3O5S/c1-6-13-26-24(30)18(3)27(15-19-9-7-17(2)8-10-19)23(29)16-28(34(5,31)32)21-14-20(25)11-12-22(21)33-4/h7-12,14,18H,6,13,15-16H2,1-5H3,(H,26,30)/t18-/m1/s1. The number of methoxy groups -OCH3 is 1. The highest BCUT2D eigenvalue weighted by Crippen LogP contribution is 2.33. The maximum atomic E-state index is 13.5. The fraction of sp³-hybridized carbons (Fsp3) is 0.417. The Bertz CT molecular complexity index is 1110. The van der Waals surface area contributed by atoms with Gasteiger partial charge in [0.1, 0.15) is 18.3 Å². The maximum absolute atomic E-state index is 13.5. The number of aryl methyl sites for hydroxylation is 1. The quantitative estimate of drug-likeness (QED) is 0.501. The zero-order valence-corrected chi connectivity index (χ0v) is 21.7. The average Bonchev–Trinajstić information content (AvgIpc) is 2.79. The summed E-state index contributed by atoms with van der Waals surface area (Å²) in [6, 6.07) is 11.3. The predicted octanol–water partition coefficient (Wildman–Crippen LogP) is 3.37. The van der Waals surface area contributed by atoms with Gasteiger partial charge in [-0.25, -0.2) is 8.42 Å². The molecule has 1 atom stereocenters. The number of hydrogen-bond donors (Lipinski definition) is 1. The van der Waals surface area contributed by atoms with E-state index in [9.17, 15) is 18.0 Å². The minimum absolute atomic E-state index is 0.143. The average molecular weight is 510 g/mol. The van der Waals surface area contributed by atoms with Crippen LogP contribution in [0.2, 0.25) is 5.02 Å². The van der Waals surface area contributed by atoms with E-state index in [-0.39, 0.29) is 23.9 Å². The van der Waals surface area contributed by atoms with Gasteiger partial charge >= 0.3 is 0 Å². The molecule has 0 aliphatic rings. The third kappa shape index (κ3) is 7.36. The van der Waals surface area contributed by atoms with Gasteiger partial charge < -0.3 is 15.0 Å². The Morgan fingerprint density at radius 1 is 1.15 bits per heavy atom. The molecule has 0 fully saturated rings. The number of ether oxygens (including phenoxy) is 1. The lowest BCUT2D eigenvalue weighted by atomic mass is 10.1. The van der Waals surface area contributed by atoms with Crippen molar-refractivity contribution in [3.63, 3.8) is 0 Å². The summed E-state index contributed by atoms with van der Waals surface area (Å²) in [7, 11) is -2.49. The zero-order chi connectivity index (χ0) is 25.5. The molecule has 0 unspecified atom stereocenters. The number of sulfonamides is 1. The molecule has 0 heterocycles. The highest BCUT2D eigenvalue weighted by Gasteiger charge is 2.31. The van der Waals surface area contributed by atoms with Crippen LogP contribution in [0.4, 0.5) is 5.69 Å². The van der Waals surface area contributed by atoms with Gasteiger partial charge in [-0.2, -0.15) is 0 Å². The smallest absolute Gasteiger partial charge is 0.244 e. The SMILES string of the molecule is CCCNC(=O)[C@@H](C)N(Cc1ccc(C)cc1)C(=O)CN(c1cc(Cl)ccc1OC)S(C)(=O)=O. The Morgan fingerprint density at radius 3 is 2.35 bits per heavy atom. The summed E-state index contributed by atoms with van der Waals surface area (Å²) in [5, 5.41) is 3.09. The van der Waals surface area contributed by atoms with E-state index in [2.05, 4.69) is 5.32 Å². The van der Waals surface area contributed by atoms with E-state index in [1.165, 1.54) is 24.1 Å². The first kappa shape index (κ1) is 27.5. The highest BCUT2D eigenvalue weighted by atomic mass is 35.5. The zero-order valence-electron chi connectivity index (χ0n) is 20.2. The van der Waals surface area contributed by atoms with Crippen LogP contribution in [0, 0.1) is 6.92 Å². The van der Waals surface area contributed by atoms with Crippen LogP contribution in [-0.4, -0.2) is 57.6 Å². The Morgan fingerprint density at radius 2 is 1.79 bits per heavy atom. The van der Waals surface area contributed by atoms with E-state index < -0.39 is 28.5 Å². The van der Waals surface area contributed by atoms with Crippen LogP contribution in [0.3, 0.4) is 0 Å². The van der Waals surface area contributed by atoms with E-state index in [4.69, 9.17) is 16.3 Å². The van der Waals surface area contributed by atoms with Gasteiger partial charge in [-0.1, -0.05) is 48.4 Å². The molecule has 0 aliphatic carbocycles. The van der Waals surface area contributed by atoms with Crippen LogP contribution in [0.5, 0.6) is 5.75 Å². The first-order valence-electron chi connectivity index (χ1n) is 10.9. The molecule has 0 aromatic heterocycles. The van der Waals surface area contributed by atoms with Crippen LogP contribution >= 0.6 is 11.6 Å². The first-order chi connectivity index (χ1) is 16.0. The van der Waals surface area contributed by atoms with Gasteiger partial charge in [0.2, 0.25) is 21.8 Å². The lowest BCUT2D eigenvalue weighted by molar-refractivity contribution is -0.139. The van der Waals surface area contributed by atoms with E-state index in [0.29, 0.717) is 11.6 Å². The molecule has 0 bridgehead atoms. The number of nitrogens with one attached hydrogen (secondary N) is 1. The van der Waals surface area contributed by atoms with E-state index in [0.717, 1.165) is 28.1 Å². The molecule has 8 nitrogen and oxygen atoms in total. The van der Waals surface area contributed by atoms with Crippen LogP contribution < -0.4 is 14.4 Å². The van der Waals surface area contributed by atoms with Gasteiger partial charge in [0, 0.05) is 18.1 Å². The molecule has 2 aromatic carbocycles. The second-order valence-electron chi connectivity index (χ2n) is 8.06. The summed E-state index contributed by atoms with van der Waals surface area (Å²) in [5.74, 6) is -0.595. The molecule has 186 valence electrons. The Balaban J connectivity index is 2.43. The van der Waals surface area contributed by atoms with E-state index in [1.54, 1.807) is 13.0 Å². The van der Waals surface area contributed by atoms with Gasteiger partial charge in [-0.05, 0) is 44.0 Å². The molecule has 34 heavy (non-hydrogen) atoms. The molecular formula is C24H32ClN3O5S. The molecule has 0 radical (unpaired) electrons. The number of amides is 2. The van der Waals surface area contributed by atoms with Crippen molar-refractivity contribution >= 4 is 39.1 Å². The van der Waals surface area contributed by atoms with Crippen LogP contribution in [0.1, 0.15) is 31.4 Å². The van der Waals surface area contributed by atoms with Crippen molar-refractivity contribution in [2.45, 2.75) is 39.8 Å². The molecule has 1 N–H and O–H groups in total. The third-order valence-corrected chi connectivity index (χ3v) is 6.64. The van der Waals surface area contributed by atoms with Gasteiger partial charge in [0.05, 0.1) is 19.1 Å². The summed E-state index contributed by atoms with van der Waals surface area (Å²) in [6.45, 7) is 5.61. The van der Waals surface area contributed by atoms with Crippen molar-refractivity contribution in [2.24, 2.45) is 0 Å². The molecule has 0 saturated heterocycles. The van der Waals surface area contributed by atoms with Crippen LogP contribution in [0.25, 0.3) is 0 Å². The normalized spacial score (nSPS) is 12.1. The number of carbonyl (C=O) groups excluding carboxylic acids is 2. The number of rotatable bonds is 11. The molecule has 10 heteroatoms. The summed E-state index contributed by atoms with van der Waals surface area (Å²) in [4.78, 5) is 27.6. The number of anilines is 1. The van der Waals surface area contributed by atoms with Crippen molar-refractivity contribution < 1.29 is 22.7 Å². The van der Waals surface area contributed by atoms with Gasteiger partial charge in [-0.15, -0.1) is 0 Å². The summed E-state index contributed by atoms with van der Waals surface area (Å²) in [5.41, 5.74) is 2.02. The lowest BCUT2D eigenvalue weighted by Crippen LogP contribution is -2.51.